The molecule has 4 heavy (non-hydrogen) atoms. The third-order valence-corrected chi connectivity index (χ3v) is 0.144. The van der Waals surface area contributed by atoms with Gasteiger partial charge in [0.1, 0.15) is 0 Å². The van der Waals surface area contributed by atoms with Crippen LogP contribution in [0.25, 0.3) is 0 Å². The Morgan fingerprint density at radius 3 is 4.25 bits per heavy atom. The molecule has 0 N–H and O–H groups in total. The van der Waals surface area contributed by atoms with Crippen molar-refractivity contribution in [2.75, 3.05) is 0 Å². The van der Waals surface area contributed by atoms with Gasteiger partial charge in [0.2, 0.25) is 0 Å². The third-order valence-electron chi connectivity index (χ3n) is 0.144. The Balaban J connectivity index is 3.17. The SMILES string of the molecule is [2H]C=C([2H])CC[2H]. The van der Waals surface area contributed by atoms with E-state index in [1.165, 1.54) is 0 Å². The van der Waals surface area contributed by atoms with Crippen LogP contribution in [-0.4, -0.2) is 0 Å². The highest BCUT2D eigenvalue weighted by atomic mass is 13.5. The van der Waals surface area contributed by atoms with Crippen molar-refractivity contribution < 1.29 is 4.11 Å². The van der Waals surface area contributed by atoms with Crippen LogP contribution in [0.5, 0.6) is 0 Å². The molecule has 0 spiro atoms. The van der Waals surface area contributed by atoms with Crippen LogP contribution < -0.4 is 0 Å². The normalized spacial score (nSPS) is 22.0. The monoisotopic (exact) mass is 59.1 g/mol. The van der Waals surface area contributed by atoms with Crippen LogP contribution >= 0.6 is 0 Å². The zero-order chi connectivity index (χ0) is 5.70. The molecule has 24 valence electrons. The molecule has 0 unspecified atom stereocenters. The predicted octanol–water partition coefficient (Wildman–Crippen LogP) is 1.58. The fraction of sp³-hybridized carbons (Fsp3) is 0.500. The Morgan fingerprint density at radius 2 is 4.00 bits per heavy atom. The molecule has 0 aliphatic carbocycles. The van der Waals surface area contributed by atoms with E-state index in [9.17, 15) is 0 Å². The molecule has 0 saturated carbocycles. The van der Waals surface area contributed by atoms with E-state index in [-0.39, 0.29) is 13.0 Å². The van der Waals surface area contributed by atoms with Crippen LogP contribution in [0, 0.1) is 0 Å². The first kappa shape index (κ1) is 0.852. The largest absolute Gasteiger partial charge is 0.103 e. The summed E-state index contributed by atoms with van der Waals surface area (Å²) in [5, 5.41) is 0. The minimum atomic E-state index is 0.216. The van der Waals surface area contributed by atoms with Gasteiger partial charge in [0.15, 0.2) is 0 Å². The van der Waals surface area contributed by atoms with Crippen LogP contribution in [0.4, 0.5) is 0 Å². The van der Waals surface area contributed by atoms with Gasteiger partial charge in [0.25, 0.3) is 0 Å². The minimum absolute atomic E-state index is 0.216. The van der Waals surface area contributed by atoms with Crippen molar-refractivity contribution in [3.8, 4) is 0 Å². The van der Waals surface area contributed by atoms with Crippen LogP contribution in [0.2, 0.25) is 0 Å². The molecular formula is C4H8. The molecular weight excluding hydrogens is 48.0 g/mol. The van der Waals surface area contributed by atoms with Crippen molar-refractivity contribution in [1.82, 2.24) is 0 Å². The van der Waals surface area contributed by atoms with Crippen molar-refractivity contribution in [2.45, 2.75) is 13.3 Å². The van der Waals surface area contributed by atoms with Gasteiger partial charge in [0, 0.05) is 1.37 Å². The maximum absolute atomic E-state index is 6.77. The van der Waals surface area contributed by atoms with E-state index in [0.29, 0.717) is 6.42 Å². The Morgan fingerprint density at radius 1 is 3.00 bits per heavy atom. The number of hydrogen-bond acceptors (Lipinski definition) is 0. The summed E-state index contributed by atoms with van der Waals surface area (Å²) < 4.78 is 19.8. The van der Waals surface area contributed by atoms with Crippen molar-refractivity contribution in [2.24, 2.45) is 0 Å². The van der Waals surface area contributed by atoms with Crippen LogP contribution in [0.1, 0.15) is 17.4 Å². The summed E-state index contributed by atoms with van der Waals surface area (Å²) in [6.07, 6.45) is 0.406. The Kier molecular flexibility index (Phi) is 0.584. The lowest BCUT2D eigenvalue weighted by atomic mass is 10.5. The fourth-order valence-electron chi connectivity index (χ4n) is 0. The molecule has 0 bridgehead atoms. The zero-order valence-corrected chi connectivity index (χ0v) is 2.49. The second kappa shape index (κ2) is 2.74. The standard InChI is InChI=1S/C4H8/c1-3-4-2/h3H,1,4H2,2H3/i1D,2D,3D. The Hall–Kier alpha value is -0.260. The quantitative estimate of drug-likeness (QED) is 0.402. The van der Waals surface area contributed by atoms with Gasteiger partial charge >= 0.3 is 0 Å². The van der Waals surface area contributed by atoms with Gasteiger partial charge in [-0.25, -0.2) is 0 Å². The third kappa shape index (κ3) is 1.74. The smallest absolute Gasteiger partial charge is 0.0569 e. The molecule has 0 saturated heterocycles. The highest BCUT2D eigenvalue weighted by molar-refractivity contribution is 4.60. The van der Waals surface area contributed by atoms with Gasteiger partial charge in [-0.1, -0.05) is 13.0 Å². The predicted molar refractivity (Wildman–Crippen MR) is 20.5 cm³/mol. The molecule has 0 aromatic rings. The second-order valence-electron chi connectivity index (χ2n) is 0.454. The van der Waals surface area contributed by atoms with Crippen LogP contribution in [0.15, 0.2) is 12.6 Å². The molecule has 0 aromatic carbocycles. The summed E-state index contributed by atoms with van der Waals surface area (Å²) in [5.41, 5.74) is 0. The van der Waals surface area contributed by atoms with E-state index in [4.69, 9.17) is 4.11 Å². The van der Waals surface area contributed by atoms with Crippen LogP contribution in [0.3, 0.4) is 0 Å². The number of hydrogen-bond donors (Lipinski definition) is 0. The second-order valence-corrected chi connectivity index (χ2v) is 0.454. The van der Waals surface area contributed by atoms with E-state index < -0.39 is 0 Å². The maximum atomic E-state index is 6.77. The first-order chi connectivity index (χ1) is 3.31. The zero-order valence-electron chi connectivity index (χ0n) is 5.49. The first-order valence-electron chi connectivity index (χ1n) is 2.93. The van der Waals surface area contributed by atoms with Gasteiger partial charge in [-0.3, -0.25) is 0 Å². The lowest BCUT2D eigenvalue weighted by molar-refractivity contribution is 1.23. The average Bonchev–Trinajstić information content (AvgIpc) is 1.68. The minimum Gasteiger partial charge on any atom is -0.103 e. The molecule has 0 fully saturated rings. The molecule has 0 atom stereocenters. The van der Waals surface area contributed by atoms with Gasteiger partial charge < -0.3 is 0 Å². The van der Waals surface area contributed by atoms with Crippen molar-refractivity contribution in [3.05, 3.63) is 12.6 Å². The molecule has 0 amide bonds. The summed E-state index contributed by atoms with van der Waals surface area (Å²) in [4.78, 5) is 0. The molecule has 0 nitrogen and oxygen atoms in total. The lowest BCUT2D eigenvalue weighted by Crippen LogP contribution is -1.36. The Labute approximate surface area is 31.4 Å². The van der Waals surface area contributed by atoms with Crippen molar-refractivity contribution in [1.29, 1.82) is 0 Å². The molecule has 0 heterocycles. The van der Waals surface area contributed by atoms with Gasteiger partial charge in [-0.05, 0) is 6.42 Å². The molecule has 0 aliphatic rings. The average molecular weight is 59.1 g/mol. The number of rotatable bonds is 1. The molecule has 0 rings (SSSR count). The fourth-order valence-corrected chi connectivity index (χ4v) is 0. The topological polar surface area (TPSA) is 0 Å². The molecule has 0 heteroatoms. The van der Waals surface area contributed by atoms with Gasteiger partial charge in [-0.15, -0.1) is 6.55 Å². The van der Waals surface area contributed by atoms with Crippen molar-refractivity contribution >= 4 is 0 Å². The van der Waals surface area contributed by atoms with Crippen LogP contribution in [-0.2, 0) is 0 Å². The first-order valence-corrected chi connectivity index (χ1v) is 1.14. The maximum Gasteiger partial charge on any atom is 0.0569 e. The van der Waals surface area contributed by atoms with E-state index >= 15 is 0 Å². The van der Waals surface area contributed by atoms with E-state index in [1.54, 1.807) is 0 Å². The number of allylic oxidation sites excluding steroid dienone is 1. The summed E-state index contributed by atoms with van der Waals surface area (Å²) in [7, 11) is 0. The van der Waals surface area contributed by atoms with E-state index in [0.717, 1.165) is 6.55 Å². The van der Waals surface area contributed by atoms with Gasteiger partial charge in [-0.2, -0.15) is 0 Å². The summed E-state index contributed by atoms with van der Waals surface area (Å²) in [6.45, 7) is 1.18. The highest BCUT2D eigenvalue weighted by Gasteiger charge is 1.45. The van der Waals surface area contributed by atoms with E-state index in [2.05, 4.69) is 0 Å². The molecule has 0 radical (unpaired) electrons. The molecule has 0 aromatic heterocycles. The highest BCUT2D eigenvalue weighted by Crippen LogP contribution is 1.66. The summed E-state index contributed by atoms with van der Waals surface area (Å²) in [6, 6.07) is 0.231. The van der Waals surface area contributed by atoms with Gasteiger partial charge in [0.05, 0.1) is 2.74 Å². The Bertz CT molecular complexity index is 67.3. The lowest BCUT2D eigenvalue weighted by Gasteiger charge is -1.57. The van der Waals surface area contributed by atoms with Crippen molar-refractivity contribution in [3.63, 3.8) is 0 Å². The summed E-state index contributed by atoms with van der Waals surface area (Å²) >= 11 is 0. The summed E-state index contributed by atoms with van der Waals surface area (Å²) in [5.74, 6) is 0. The van der Waals surface area contributed by atoms with E-state index in [1.807, 2.05) is 0 Å². The molecule has 0 aliphatic heterocycles.